The highest BCUT2D eigenvalue weighted by molar-refractivity contribution is 5.82. The third-order valence-electron chi connectivity index (χ3n) is 3.55. The van der Waals surface area contributed by atoms with Crippen molar-refractivity contribution in [2.24, 2.45) is 11.1 Å². The number of rotatable bonds is 1. The van der Waals surface area contributed by atoms with Crippen molar-refractivity contribution >= 4 is 5.91 Å². The molecule has 2 bridgehead atoms. The number of carbonyl (C=O) groups excluding carboxylic acids is 1. The molecule has 1 amide bonds. The predicted molar refractivity (Wildman–Crippen MR) is 61.9 cm³/mol. The van der Waals surface area contributed by atoms with E-state index in [9.17, 15) is 4.79 Å². The van der Waals surface area contributed by atoms with Gasteiger partial charge in [0.2, 0.25) is 5.91 Å². The fourth-order valence-electron chi connectivity index (χ4n) is 2.36. The van der Waals surface area contributed by atoms with Crippen LogP contribution in [-0.4, -0.2) is 42.1 Å². The van der Waals surface area contributed by atoms with Crippen LogP contribution in [-0.2, 0) is 9.53 Å². The maximum absolute atomic E-state index is 12.2. The van der Waals surface area contributed by atoms with E-state index in [-0.39, 0.29) is 23.5 Å². The quantitative estimate of drug-likeness (QED) is 0.718. The first-order valence-electron chi connectivity index (χ1n) is 6.08. The van der Waals surface area contributed by atoms with Gasteiger partial charge in [0.25, 0.3) is 0 Å². The van der Waals surface area contributed by atoms with Crippen molar-refractivity contribution < 1.29 is 9.53 Å². The molecule has 0 saturated carbocycles. The summed E-state index contributed by atoms with van der Waals surface area (Å²) in [5.74, 6) is 0.0766. The van der Waals surface area contributed by atoms with E-state index >= 15 is 0 Å². The zero-order valence-electron chi connectivity index (χ0n) is 10.4. The van der Waals surface area contributed by atoms with Crippen molar-refractivity contribution in [3.8, 4) is 0 Å². The Bertz CT molecular complexity index is 273. The van der Waals surface area contributed by atoms with Gasteiger partial charge in [-0.3, -0.25) is 4.79 Å². The molecule has 2 aliphatic rings. The van der Waals surface area contributed by atoms with E-state index in [1.165, 1.54) is 0 Å². The van der Waals surface area contributed by atoms with Gasteiger partial charge >= 0.3 is 0 Å². The molecule has 0 aliphatic carbocycles. The molecular weight excluding hydrogens is 204 g/mol. The normalized spacial score (nSPS) is 31.6. The second kappa shape index (κ2) is 4.00. The fourth-order valence-corrected chi connectivity index (χ4v) is 2.36. The molecule has 3 atom stereocenters. The summed E-state index contributed by atoms with van der Waals surface area (Å²) >= 11 is 0. The average molecular weight is 226 g/mol. The van der Waals surface area contributed by atoms with Crippen molar-refractivity contribution in [1.82, 2.24) is 4.90 Å². The standard InChI is InChI=1S/C12H22N2O2/c1-12(2,3)10(13)11(15)14-6-8-4-5-9(7-14)16-8/h8-10H,4-7,13H2,1-3H3. The molecule has 2 fully saturated rings. The van der Waals surface area contributed by atoms with Crippen molar-refractivity contribution in [3.63, 3.8) is 0 Å². The van der Waals surface area contributed by atoms with Crippen molar-refractivity contribution in [3.05, 3.63) is 0 Å². The minimum Gasteiger partial charge on any atom is -0.371 e. The summed E-state index contributed by atoms with van der Waals surface area (Å²) in [6.45, 7) is 7.46. The number of carbonyl (C=O) groups is 1. The van der Waals surface area contributed by atoms with E-state index in [0.29, 0.717) is 0 Å². The number of amides is 1. The van der Waals surface area contributed by atoms with Crippen LogP contribution in [0.4, 0.5) is 0 Å². The average Bonchev–Trinajstić information content (AvgIpc) is 2.54. The van der Waals surface area contributed by atoms with E-state index in [0.717, 1.165) is 25.9 Å². The first-order valence-corrected chi connectivity index (χ1v) is 6.08. The Hall–Kier alpha value is -0.610. The minimum absolute atomic E-state index is 0.0766. The zero-order valence-corrected chi connectivity index (χ0v) is 10.4. The molecule has 2 saturated heterocycles. The minimum atomic E-state index is -0.412. The van der Waals surface area contributed by atoms with E-state index in [1.807, 2.05) is 25.7 Å². The van der Waals surface area contributed by atoms with Gasteiger partial charge in [0.05, 0.1) is 18.2 Å². The summed E-state index contributed by atoms with van der Waals surface area (Å²) < 4.78 is 5.71. The maximum Gasteiger partial charge on any atom is 0.240 e. The van der Waals surface area contributed by atoms with Crippen LogP contribution >= 0.6 is 0 Å². The van der Waals surface area contributed by atoms with Crippen LogP contribution in [0.1, 0.15) is 33.6 Å². The van der Waals surface area contributed by atoms with Gasteiger partial charge in [-0.25, -0.2) is 0 Å². The van der Waals surface area contributed by atoms with E-state index in [1.54, 1.807) is 0 Å². The second-order valence-electron chi connectivity index (χ2n) is 6.04. The Morgan fingerprint density at radius 3 is 2.25 bits per heavy atom. The number of ether oxygens (including phenoxy) is 1. The largest absolute Gasteiger partial charge is 0.371 e. The molecule has 4 heteroatoms. The lowest BCUT2D eigenvalue weighted by molar-refractivity contribution is -0.143. The fraction of sp³-hybridized carbons (Fsp3) is 0.917. The Labute approximate surface area is 97.1 Å². The van der Waals surface area contributed by atoms with Crippen LogP contribution in [0.3, 0.4) is 0 Å². The smallest absolute Gasteiger partial charge is 0.240 e. The summed E-state index contributed by atoms with van der Waals surface area (Å²) in [6.07, 6.45) is 2.66. The maximum atomic E-state index is 12.2. The molecule has 4 nitrogen and oxygen atoms in total. The molecule has 2 heterocycles. The summed E-state index contributed by atoms with van der Waals surface area (Å²) in [4.78, 5) is 14.1. The summed E-state index contributed by atoms with van der Waals surface area (Å²) in [6, 6.07) is -0.412. The molecule has 0 aromatic carbocycles. The van der Waals surface area contributed by atoms with Crippen LogP contribution in [0.15, 0.2) is 0 Å². The molecule has 3 unspecified atom stereocenters. The highest BCUT2D eigenvalue weighted by Crippen LogP contribution is 2.28. The zero-order chi connectivity index (χ0) is 11.9. The lowest BCUT2D eigenvalue weighted by Crippen LogP contribution is -2.55. The predicted octanol–water partition coefficient (Wildman–Crippen LogP) is 0.750. The van der Waals surface area contributed by atoms with Gasteiger partial charge in [-0.1, -0.05) is 20.8 Å². The lowest BCUT2D eigenvalue weighted by atomic mass is 9.86. The Kier molecular flexibility index (Phi) is 2.97. The van der Waals surface area contributed by atoms with Crippen molar-refractivity contribution in [2.75, 3.05) is 13.1 Å². The molecule has 0 aromatic rings. The number of fused-ring (bicyclic) bond motifs is 2. The molecule has 2 rings (SSSR count). The van der Waals surface area contributed by atoms with Gasteiger partial charge in [0.15, 0.2) is 0 Å². The third-order valence-corrected chi connectivity index (χ3v) is 3.55. The van der Waals surface area contributed by atoms with E-state index < -0.39 is 6.04 Å². The number of hydrogen-bond acceptors (Lipinski definition) is 3. The number of morpholine rings is 1. The molecule has 92 valence electrons. The SMILES string of the molecule is CC(C)(C)C(N)C(=O)N1CC2CCC(C1)O2. The first kappa shape index (κ1) is 11.9. The number of nitrogens with zero attached hydrogens (tertiary/aromatic N) is 1. The Morgan fingerprint density at radius 1 is 1.31 bits per heavy atom. The summed E-state index contributed by atoms with van der Waals surface area (Å²) in [5, 5.41) is 0. The molecule has 0 aromatic heterocycles. The molecule has 0 radical (unpaired) electrons. The highest BCUT2D eigenvalue weighted by atomic mass is 16.5. The Morgan fingerprint density at radius 2 is 1.81 bits per heavy atom. The summed E-state index contributed by atoms with van der Waals surface area (Å²) in [5.41, 5.74) is 5.83. The first-order chi connectivity index (χ1) is 7.38. The topological polar surface area (TPSA) is 55.6 Å². The lowest BCUT2D eigenvalue weighted by Gasteiger charge is -2.36. The number of hydrogen-bond donors (Lipinski definition) is 1. The van der Waals surface area contributed by atoms with Gasteiger partial charge in [-0.15, -0.1) is 0 Å². The summed E-state index contributed by atoms with van der Waals surface area (Å²) in [7, 11) is 0. The van der Waals surface area contributed by atoms with E-state index in [2.05, 4.69) is 0 Å². The van der Waals surface area contributed by atoms with E-state index in [4.69, 9.17) is 10.5 Å². The van der Waals surface area contributed by atoms with Gasteiger partial charge in [0, 0.05) is 13.1 Å². The van der Waals surface area contributed by atoms with Crippen molar-refractivity contribution in [2.45, 2.75) is 51.9 Å². The van der Waals surface area contributed by atoms with Gasteiger partial charge in [-0.05, 0) is 18.3 Å². The Balaban J connectivity index is 2.00. The molecule has 2 N–H and O–H groups in total. The molecule has 0 spiro atoms. The van der Waals surface area contributed by atoms with Crippen LogP contribution in [0, 0.1) is 5.41 Å². The van der Waals surface area contributed by atoms with Crippen LogP contribution in [0.2, 0.25) is 0 Å². The van der Waals surface area contributed by atoms with Gasteiger partial charge in [-0.2, -0.15) is 0 Å². The third kappa shape index (κ3) is 2.23. The highest BCUT2D eigenvalue weighted by Gasteiger charge is 2.39. The van der Waals surface area contributed by atoms with Gasteiger partial charge in [0.1, 0.15) is 0 Å². The monoisotopic (exact) mass is 226 g/mol. The molecule has 16 heavy (non-hydrogen) atoms. The second-order valence-corrected chi connectivity index (χ2v) is 6.04. The van der Waals surface area contributed by atoms with Crippen LogP contribution in [0.25, 0.3) is 0 Å². The number of likely N-dealkylation sites (tertiary alicyclic amines) is 1. The molecular formula is C12H22N2O2. The van der Waals surface area contributed by atoms with Gasteiger partial charge < -0.3 is 15.4 Å². The van der Waals surface area contributed by atoms with Crippen LogP contribution < -0.4 is 5.73 Å². The van der Waals surface area contributed by atoms with Crippen molar-refractivity contribution in [1.29, 1.82) is 0 Å². The van der Waals surface area contributed by atoms with Crippen LogP contribution in [0.5, 0.6) is 0 Å². The number of nitrogens with two attached hydrogens (primary N) is 1. The molecule has 2 aliphatic heterocycles.